The van der Waals surface area contributed by atoms with Crippen LogP contribution < -0.4 is 5.73 Å². The maximum atomic E-state index is 10.8. The van der Waals surface area contributed by atoms with E-state index in [-0.39, 0.29) is 11.7 Å². The van der Waals surface area contributed by atoms with E-state index < -0.39 is 4.92 Å². The van der Waals surface area contributed by atoms with Crippen molar-refractivity contribution in [2.24, 2.45) is 5.73 Å². The molecule has 1 unspecified atom stereocenters. The van der Waals surface area contributed by atoms with Crippen molar-refractivity contribution in [3.63, 3.8) is 0 Å². The van der Waals surface area contributed by atoms with E-state index in [4.69, 9.17) is 17.3 Å². The molecule has 0 heterocycles. The van der Waals surface area contributed by atoms with Crippen molar-refractivity contribution in [1.29, 1.82) is 0 Å². The Labute approximate surface area is 116 Å². The number of rotatable bonds is 4. The molecule has 5 heteroatoms. The number of nitro benzene ring substituents is 1. The fourth-order valence-corrected chi connectivity index (χ4v) is 2.14. The minimum Gasteiger partial charge on any atom is -0.324 e. The highest BCUT2D eigenvalue weighted by Gasteiger charge is 2.14. The first-order valence-electron chi connectivity index (χ1n) is 5.80. The fraction of sp³-hybridized carbons (Fsp3) is 0.143. The van der Waals surface area contributed by atoms with E-state index in [1.807, 2.05) is 30.3 Å². The van der Waals surface area contributed by atoms with Gasteiger partial charge >= 0.3 is 0 Å². The molecule has 0 aliphatic heterocycles. The van der Waals surface area contributed by atoms with Crippen LogP contribution in [0.3, 0.4) is 0 Å². The number of hydrogen-bond donors (Lipinski definition) is 1. The lowest BCUT2D eigenvalue weighted by Gasteiger charge is -2.12. The van der Waals surface area contributed by atoms with Gasteiger partial charge in [-0.3, -0.25) is 10.1 Å². The van der Waals surface area contributed by atoms with E-state index >= 15 is 0 Å². The van der Waals surface area contributed by atoms with Gasteiger partial charge in [0.25, 0.3) is 5.69 Å². The van der Waals surface area contributed by atoms with Crippen molar-refractivity contribution >= 4 is 17.3 Å². The van der Waals surface area contributed by atoms with E-state index in [0.717, 1.165) is 5.56 Å². The molecule has 0 saturated carbocycles. The van der Waals surface area contributed by atoms with Gasteiger partial charge in [-0.15, -0.1) is 0 Å². The lowest BCUT2D eigenvalue weighted by molar-refractivity contribution is -0.384. The standard InChI is InChI=1S/C14H13ClN2O2/c15-12-7-11(8-13(9-12)17(18)19)14(16)6-10-4-2-1-3-5-10/h1-5,7-9,14H,6,16H2. The molecule has 4 nitrogen and oxygen atoms in total. The van der Waals surface area contributed by atoms with Gasteiger partial charge in [-0.25, -0.2) is 0 Å². The second kappa shape index (κ2) is 5.82. The van der Waals surface area contributed by atoms with Crippen LogP contribution in [0.4, 0.5) is 5.69 Å². The second-order valence-corrected chi connectivity index (χ2v) is 4.73. The van der Waals surface area contributed by atoms with E-state index in [0.29, 0.717) is 17.0 Å². The van der Waals surface area contributed by atoms with Crippen LogP contribution in [0.25, 0.3) is 0 Å². The Balaban J connectivity index is 2.24. The van der Waals surface area contributed by atoms with Gasteiger partial charge in [0.15, 0.2) is 0 Å². The highest BCUT2D eigenvalue weighted by atomic mass is 35.5. The predicted octanol–water partition coefficient (Wildman–Crippen LogP) is 3.49. The van der Waals surface area contributed by atoms with Gasteiger partial charge < -0.3 is 5.73 Å². The molecule has 98 valence electrons. The van der Waals surface area contributed by atoms with Gasteiger partial charge in [0.2, 0.25) is 0 Å². The lowest BCUT2D eigenvalue weighted by Crippen LogP contribution is -2.13. The lowest BCUT2D eigenvalue weighted by atomic mass is 9.99. The molecule has 0 aromatic heterocycles. The molecular formula is C14H13ClN2O2. The number of non-ortho nitro benzene ring substituents is 1. The smallest absolute Gasteiger partial charge is 0.271 e. The third-order valence-electron chi connectivity index (χ3n) is 2.84. The van der Waals surface area contributed by atoms with Crippen molar-refractivity contribution in [1.82, 2.24) is 0 Å². The summed E-state index contributed by atoms with van der Waals surface area (Å²) < 4.78 is 0. The SMILES string of the molecule is NC(Cc1ccccc1)c1cc(Cl)cc([N+](=O)[O-])c1. The summed E-state index contributed by atoms with van der Waals surface area (Å²) in [6, 6.07) is 13.9. The molecule has 0 spiro atoms. The summed E-state index contributed by atoms with van der Waals surface area (Å²) in [5.74, 6) is 0. The van der Waals surface area contributed by atoms with Crippen molar-refractivity contribution in [2.75, 3.05) is 0 Å². The van der Waals surface area contributed by atoms with Gasteiger partial charge in [0.05, 0.1) is 4.92 Å². The molecule has 0 bridgehead atoms. The van der Waals surface area contributed by atoms with Crippen molar-refractivity contribution in [3.8, 4) is 0 Å². The molecule has 2 rings (SSSR count). The first-order chi connectivity index (χ1) is 9.06. The van der Waals surface area contributed by atoms with Gasteiger partial charge in [-0.1, -0.05) is 41.9 Å². The largest absolute Gasteiger partial charge is 0.324 e. The number of nitro groups is 1. The maximum absolute atomic E-state index is 10.8. The van der Waals surface area contributed by atoms with Gasteiger partial charge in [-0.05, 0) is 23.6 Å². The van der Waals surface area contributed by atoms with E-state index in [1.165, 1.54) is 12.1 Å². The van der Waals surface area contributed by atoms with Gasteiger partial charge in [0, 0.05) is 23.2 Å². The Kier molecular flexibility index (Phi) is 4.14. The van der Waals surface area contributed by atoms with Crippen LogP contribution in [-0.2, 0) is 6.42 Å². The molecule has 2 N–H and O–H groups in total. The molecular weight excluding hydrogens is 264 g/mol. The van der Waals surface area contributed by atoms with Gasteiger partial charge in [0.1, 0.15) is 0 Å². The Morgan fingerprint density at radius 1 is 1.21 bits per heavy atom. The number of nitrogens with two attached hydrogens (primary N) is 1. The third kappa shape index (κ3) is 3.53. The van der Waals surface area contributed by atoms with Crippen LogP contribution in [0.1, 0.15) is 17.2 Å². The minimum atomic E-state index is -0.468. The monoisotopic (exact) mass is 276 g/mol. The van der Waals surface area contributed by atoms with Crippen LogP contribution >= 0.6 is 11.6 Å². The summed E-state index contributed by atoms with van der Waals surface area (Å²) in [5.41, 5.74) is 7.80. The summed E-state index contributed by atoms with van der Waals surface area (Å²) in [5, 5.41) is 11.1. The first kappa shape index (κ1) is 13.5. The Bertz CT molecular complexity index is 587. The molecule has 0 radical (unpaired) electrons. The van der Waals surface area contributed by atoms with Crippen LogP contribution in [0, 0.1) is 10.1 Å². The fourth-order valence-electron chi connectivity index (χ4n) is 1.90. The van der Waals surface area contributed by atoms with Crippen molar-refractivity contribution in [2.45, 2.75) is 12.5 Å². The molecule has 0 amide bonds. The van der Waals surface area contributed by atoms with E-state index in [2.05, 4.69) is 0 Å². The molecule has 2 aromatic carbocycles. The average Bonchev–Trinajstić information content (AvgIpc) is 2.39. The molecule has 1 atom stereocenters. The highest BCUT2D eigenvalue weighted by Crippen LogP contribution is 2.25. The maximum Gasteiger partial charge on any atom is 0.271 e. The van der Waals surface area contributed by atoms with E-state index in [9.17, 15) is 10.1 Å². The molecule has 2 aromatic rings. The van der Waals surface area contributed by atoms with Crippen LogP contribution in [0.5, 0.6) is 0 Å². The average molecular weight is 277 g/mol. The zero-order valence-corrected chi connectivity index (χ0v) is 10.9. The highest BCUT2D eigenvalue weighted by molar-refractivity contribution is 6.30. The molecule has 0 saturated heterocycles. The zero-order valence-electron chi connectivity index (χ0n) is 10.1. The summed E-state index contributed by atoms with van der Waals surface area (Å²) in [6.07, 6.45) is 0.609. The van der Waals surface area contributed by atoms with Crippen LogP contribution in [0.2, 0.25) is 5.02 Å². The Morgan fingerprint density at radius 2 is 1.89 bits per heavy atom. The Morgan fingerprint density at radius 3 is 2.53 bits per heavy atom. The summed E-state index contributed by atoms with van der Waals surface area (Å²) in [7, 11) is 0. The van der Waals surface area contributed by atoms with Crippen molar-refractivity contribution in [3.05, 3.63) is 74.8 Å². The molecule has 0 fully saturated rings. The molecule has 0 aliphatic rings. The number of hydrogen-bond acceptors (Lipinski definition) is 3. The molecule has 19 heavy (non-hydrogen) atoms. The topological polar surface area (TPSA) is 69.2 Å². The normalized spacial score (nSPS) is 12.1. The third-order valence-corrected chi connectivity index (χ3v) is 3.06. The predicted molar refractivity (Wildman–Crippen MR) is 75.2 cm³/mol. The number of halogens is 1. The van der Waals surface area contributed by atoms with Gasteiger partial charge in [-0.2, -0.15) is 0 Å². The summed E-state index contributed by atoms with van der Waals surface area (Å²) in [4.78, 5) is 10.3. The quantitative estimate of drug-likeness (QED) is 0.686. The zero-order chi connectivity index (χ0) is 13.8. The van der Waals surface area contributed by atoms with Crippen LogP contribution in [0.15, 0.2) is 48.5 Å². The van der Waals surface area contributed by atoms with E-state index in [1.54, 1.807) is 6.07 Å². The number of benzene rings is 2. The van der Waals surface area contributed by atoms with Crippen LogP contribution in [-0.4, -0.2) is 4.92 Å². The molecule has 0 aliphatic carbocycles. The Hall–Kier alpha value is -1.91. The summed E-state index contributed by atoms with van der Waals surface area (Å²) in [6.45, 7) is 0. The minimum absolute atomic E-state index is 0.0361. The summed E-state index contributed by atoms with van der Waals surface area (Å²) >= 11 is 5.88. The van der Waals surface area contributed by atoms with Crippen molar-refractivity contribution < 1.29 is 4.92 Å². The second-order valence-electron chi connectivity index (χ2n) is 4.30. The first-order valence-corrected chi connectivity index (χ1v) is 6.18. The number of nitrogens with zero attached hydrogens (tertiary/aromatic N) is 1.